The van der Waals surface area contributed by atoms with Crippen molar-refractivity contribution in [2.24, 2.45) is 5.92 Å². The number of hydrogen-bond donors (Lipinski definition) is 1. The first-order valence-corrected chi connectivity index (χ1v) is 7.60. The minimum absolute atomic E-state index is 0.511. The highest BCUT2D eigenvalue weighted by Crippen LogP contribution is 2.28. The molecule has 3 unspecified atom stereocenters. The van der Waals surface area contributed by atoms with E-state index in [0.29, 0.717) is 6.04 Å². The van der Waals surface area contributed by atoms with E-state index in [9.17, 15) is 0 Å². The van der Waals surface area contributed by atoms with Crippen LogP contribution in [-0.4, -0.2) is 19.2 Å². The molecule has 1 fully saturated rings. The van der Waals surface area contributed by atoms with Crippen LogP contribution in [0.25, 0.3) is 0 Å². The molecule has 0 aromatic heterocycles. The molecule has 0 aliphatic heterocycles. The highest BCUT2D eigenvalue weighted by molar-refractivity contribution is 5.33. The predicted molar refractivity (Wildman–Crippen MR) is 80.7 cm³/mol. The van der Waals surface area contributed by atoms with Gasteiger partial charge in [-0.1, -0.05) is 31.5 Å². The van der Waals surface area contributed by atoms with Crippen LogP contribution in [-0.2, 0) is 6.42 Å². The van der Waals surface area contributed by atoms with E-state index in [1.54, 1.807) is 7.11 Å². The first-order chi connectivity index (χ1) is 9.22. The number of ether oxygens (including phenoxy) is 1. The van der Waals surface area contributed by atoms with Crippen LogP contribution < -0.4 is 10.1 Å². The summed E-state index contributed by atoms with van der Waals surface area (Å²) in [5, 5.41) is 3.79. The molecule has 1 aromatic rings. The molecule has 106 valence electrons. The highest BCUT2D eigenvalue weighted by Gasteiger charge is 2.24. The summed E-state index contributed by atoms with van der Waals surface area (Å²) < 4.78 is 5.42. The standard InChI is InChI=1S/C17H27NO/c1-4-14-9-10-16(12-14)18-13(2)11-15-7-5-6-8-17(15)19-3/h5-8,13-14,16,18H,4,9-12H2,1-3H3. The fourth-order valence-electron chi connectivity index (χ4n) is 3.26. The van der Waals surface area contributed by atoms with Crippen molar-refractivity contribution in [3.05, 3.63) is 29.8 Å². The Bertz CT molecular complexity index is 391. The lowest BCUT2D eigenvalue weighted by molar-refractivity contribution is 0.398. The van der Waals surface area contributed by atoms with Crippen LogP contribution in [0.2, 0.25) is 0 Å². The van der Waals surface area contributed by atoms with Gasteiger partial charge in [-0.25, -0.2) is 0 Å². The van der Waals surface area contributed by atoms with Crippen molar-refractivity contribution in [3.63, 3.8) is 0 Å². The zero-order valence-corrected chi connectivity index (χ0v) is 12.5. The van der Waals surface area contributed by atoms with Crippen molar-refractivity contribution < 1.29 is 4.74 Å². The van der Waals surface area contributed by atoms with Crippen LogP contribution in [0.5, 0.6) is 5.75 Å². The third kappa shape index (κ3) is 3.97. The smallest absolute Gasteiger partial charge is 0.122 e. The first-order valence-electron chi connectivity index (χ1n) is 7.60. The Labute approximate surface area is 117 Å². The Kier molecular flexibility index (Phi) is 5.26. The van der Waals surface area contributed by atoms with Crippen molar-refractivity contribution >= 4 is 0 Å². The Balaban J connectivity index is 1.85. The molecule has 0 radical (unpaired) electrons. The minimum atomic E-state index is 0.511. The summed E-state index contributed by atoms with van der Waals surface area (Å²) in [6, 6.07) is 9.56. The number of rotatable bonds is 6. The second-order valence-corrected chi connectivity index (χ2v) is 5.87. The van der Waals surface area contributed by atoms with E-state index in [4.69, 9.17) is 4.74 Å². The molecule has 0 heterocycles. The fourth-order valence-corrected chi connectivity index (χ4v) is 3.26. The van der Waals surface area contributed by atoms with Crippen LogP contribution in [0.15, 0.2) is 24.3 Å². The summed E-state index contributed by atoms with van der Waals surface area (Å²) in [5.74, 6) is 1.95. The fraction of sp³-hybridized carbons (Fsp3) is 0.647. The van der Waals surface area contributed by atoms with Crippen LogP contribution in [0.4, 0.5) is 0 Å². The molecule has 19 heavy (non-hydrogen) atoms. The quantitative estimate of drug-likeness (QED) is 0.841. The average Bonchev–Trinajstić information content (AvgIpc) is 2.87. The van der Waals surface area contributed by atoms with Gasteiger partial charge in [-0.2, -0.15) is 0 Å². The maximum atomic E-state index is 5.42. The van der Waals surface area contributed by atoms with Gasteiger partial charge in [0, 0.05) is 12.1 Å². The second kappa shape index (κ2) is 6.95. The third-order valence-corrected chi connectivity index (χ3v) is 4.36. The van der Waals surface area contributed by atoms with Crippen molar-refractivity contribution in [1.82, 2.24) is 5.32 Å². The lowest BCUT2D eigenvalue weighted by atomic mass is 10.0. The van der Waals surface area contributed by atoms with E-state index in [1.165, 1.54) is 31.2 Å². The molecule has 0 spiro atoms. The summed E-state index contributed by atoms with van der Waals surface area (Å²) in [7, 11) is 1.75. The summed E-state index contributed by atoms with van der Waals surface area (Å²) in [6.07, 6.45) is 6.47. The van der Waals surface area contributed by atoms with Gasteiger partial charge in [0.25, 0.3) is 0 Å². The summed E-state index contributed by atoms with van der Waals surface area (Å²) in [6.45, 7) is 4.59. The van der Waals surface area contributed by atoms with Crippen LogP contribution in [0.1, 0.15) is 45.1 Å². The lowest BCUT2D eigenvalue weighted by Gasteiger charge is -2.20. The summed E-state index contributed by atoms with van der Waals surface area (Å²) >= 11 is 0. The van der Waals surface area contributed by atoms with Gasteiger partial charge in [0.05, 0.1) is 7.11 Å². The molecule has 1 aliphatic carbocycles. The zero-order chi connectivity index (χ0) is 13.7. The minimum Gasteiger partial charge on any atom is -0.496 e. The molecule has 1 aromatic carbocycles. The van der Waals surface area contributed by atoms with E-state index in [1.807, 2.05) is 12.1 Å². The van der Waals surface area contributed by atoms with Crippen molar-refractivity contribution in [2.75, 3.05) is 7.11 Å². The average molecular weight is 261 g/mol. The first kappa shape index (κ1) is 14.4. The van der Waals surface area contributed by atoms with Crippen molar-refractivity contribution in [3.8, 4) is 5.75 Å². The Morgan fingerprint density at radius 3 is 2.79 bits per heavy atom. The van der Waals surface area contributed by atoms with Crippen LogP contribution in [0.3, 0.4) is 0 Å². The number of nitrogens with one attached hydrogen (secondary N) is 1. The molecule has 1 saturated carbocycles. The van der Waals surface area contributed by atoms with E-state index in [0.717, 1.165) is 24.1 Å². The maximum Gasteiger partial charge on any atom is 0.122 e. The van der Waals surface area contributed by atoms with Crippen LogP contribution in [0, 0.1) is 5.92 Å². The Morgan fingerprint density at radius 1 is 1.32 bits per heavy atom. The van der Waals surface area contributed by atoms with Gasteiger partial charge in [-0.3, -0.25) is 0 Å². The highest BCUT2D eigenvalue weighted by atomic mass is 16.5. The third-order valence-electron chi connectivity index (χ3n) is 4.36. The Morgan fingerprint density at radius 2 is 2.11 bits per heavy atom. The number of para-hydroxylation sites is 1. The van der Waals surface area contributed by atoms with Gasteiger partial charge < -0.3 is 10.1 Å². The van der Waals surface area contributed by atoms with E-state index >= 15 is 0 Å². The SMILES string of the molecule is CCC1CCC(NC(C)Cc2ccccc2OC)C1. The molecule has 0 saturated heterocycles. The van der Waals surface area contributed by atoms with Gasteiger partial charge >= 0.3 is 0 Å². The van der Waals surface area contributed by atoms with Crippen molar-refractivity contribution in [1.29, 1.82) is 0 Å². The Hall–Kier alpha value is -1.02. The second-order valence-electron chi connectivity index (χ2n) is 5.87. The number of hydrogen-bond acceptors (Lipinski definition) is 2. The largest absolute Gasteiger partial charge is 0.496 e. The van der Waals surface area contributed by atoms with Gasteiger partial charge in [-0.15, -0.1) is 0 Å². The summed E-state index contributed by atoms with van der Waals surface area (Å²) in [5.41, 5.74) is 1.30. The monoisotopic (exact) mass is 261 g/mol. The molecule has 1 aliphatic rings. The van der Waals surface area contributed by atoms with Gasteiger partial charge in [-0.05, 0) is 50.2 Å². The van der Waals surface area contributed by atoms with Gasteiger partial charge in [0.1, 0.15) is 5.75 Å². The normalized spacial score (nSPS) is 24.4. The zero-order valence-electron chi connectivity index (χ0n) is 12.5. The van der Waals surface area contributed by atoms with Crippen molar-refractivity contribution in [2.45, 2.75) is 58.0 Å². The van der Waals surface area contributed by atoms with Gasteiger partial charge in [0.2, 0.25) is 0 Å². The van der Waals surface area contributed by atoms with E-state index in [2.05, 4.69) is 31.3 Å². The molecular formula is C17H27NO. The predicted octanol–water partition coefficient (Wildman–Crippen LogP) is 3.79. The lowest BCUT2D eigenvalue weighted by Crippen LogP contribution is -2.36. The molecular weight excluding hydrogens is 234 g/mol. The molecule has 3 atom stereocenters. The molecule has 0 bridgehead atoms. The van der Waals surface area contributed by atoms with Crippen LogP contribution >= 0.6 is 0 Å². The molecule has 2 heteroatoms. The van der Waals surface area contributed by atoms with E-state index in [-0.39, 0.29) is 0 Å². The van der Waals surface area contributed by atoms with E-state index < -0.39 is 0 Å². The van der Waals surface area contributed by atoms with Gasteiger partial charge in [0.15, 0.2) is 0 Å². The molecule has 0 amide bonds. The maximum absolute atomic E-state index is 5.42. The number of benzene rings is 1. The number of methoxy groups -OCH3 is 1. The topological polar surface area (TPSA) is 21.3 Å². The molecule has 1 N–H and O–H groups in total. The molecule has 2 nitrogen and oxygen atoms in total. The molecule has 2 rings (SSSR count). The summed E-state index contributed by atoms with van der Waals surface area (Å²) in [4.78, 5) is 0.